The number of benzene rings is 2. The third kappa shape index (κ3) is 7.68. The van der Waals surface area contributed by atoms with E-state index in [-0.39, 0.29) is 29.4 Å². The number of carbonyl (C=O) groups excluding carboxylic acids is 2. The first-order chi connectivity index (χ1) is 15.7. The molecular formula is C25H33N3O4S. The molecule has 0 saturated carbocycles. The van der Waals surface area contributed by atoms with Gasteiger partial charge in [-0.15, -0.1) is 0 Å². The monoisotopic (exact) mass is 471 g/mol. The molecule has 1 aliphatic rings. The van der Waals surface area contributed by atoms with Crippen molar-refractivity contribution in [3.05, 3.63) is 65.7 Å². The van der Waals surface area contributed by atoms with Gasteiger partial charge in [-0.3, -0.25) is 9.59 Å². The largest absolute Gasteiger partial charge is 0.352 e. The van der Waals surface area contributed by atoms with Crippen molar-refractivity contribution in [2.24, 2.45) is 11.8 Å². The molecular weight excluding hydrogens is 438 g/mol. The van der Waals surface area contributed by atoms with Crippen LogP contribution in [0.4, 0.5) is 5.69 Å². The summed E-state index contributed by atoms with van der Waals surface area (Å²) in [5, 5.41) is 5.84. The maximum atomic E-state index is 12.7. The van der Waals surface area contributed by atoms with Gasteiger partial charge in [0.15, 0.2) is 0 Å². The Balaban J connectivity index is 1.47. The lowest BCUT2D eigenvalue weighted by atomic mass is 9.97. The average molecular weight is 472 g/mol. The lowest BCUT2D eigenvalue weighted by molar-refractivity contribution is -0.126. The normalized spacial score (nSPS) is 15.4. The summed E-state index contributed by atoms with van der Waals surface area (Å²) in [6, 6.07) is 16.6. The highest BCUT2D eigenvalue weighted by Gasteiger charge is 2.31. The number of anilines is 1. The Morgan fingerprint density at radius 3 is 2.33 bits per heavy atom. The summed E-state index contributed by atoms with van der Waals surface area (Å²) in [7, 11) is -3.40. The predicted molar refractivity (Wildman–Crippen MR) is 130 cm³/mol. The van der Waals surface area contributed by atoms with Gasteiger partial charge < -0.3 is 10.6 Å². The van der Waals surface area contributed by atoms with Crippen LogP contribution >= 0.6 is 0 Å². The third-order valence-electron chi connectivity index (χ3n) is 5.68. The van der Waals surface area contributed by atoms with E-state index in [1.165, 1.54) is 4.31 Å². The molecule has 3 rings (SSSR count). The van der Waals surface area contributed by atoms with E-state index in [4.69, 9.17) is 0 Å². The van der Waals surface area contributed by atoms with E-state index in [9.17, 15) is 18.0 Å². The summed E-state index contributed by atoms with van der Waals surface area (Å²) >= 11 is 0. The van der Waals surface area contributed by atoms with Crippen LogP contribution in [0.2, 0.25) is 0 Å². The van der Waals surface area contributed by atoms with E-state index >= 15 is 0 Å². The van der Waals surface area contributed by atoms with E-state index < -0.39 is 10.0 Å². The molecule has 0 aromatic heterocycles. The summed E-state index contributed by atoms with van der Waals surface area (Å²) in [5.74, 6) is -0.0341. The van der Waals surface area contributed by atoms with Gasteiger partial charge in [0.2, 0.25) is 21.8 Å². The lowest BCUT2D eigenvalue weighted by Gasteiger charge is -2.30. The lowest BCUT2D eigenvalue weighted by Crippen LogP contribution is -2.43. The molecule has 2 aromatic carbocycles. The van der Waals surface area contributed by atoms with Crippen LogP contribution in [0.5, 0.6) is 0 Å². The van der Waals surface area contributed by atoms with Crippen molar-refractivity contribution < 1.29 is 18.0 Å². The Morgan fingerprint density at radius 1 is 1.00 bits per heavy atom. The summed E-state index contributed by atoms with van der Waals surface area (Å²) in [5.41, 5.74) is 2.37. The van der Waals surface area contributed by atoms with Crippen LogP contribution in [0.15, 0.2) is 54.6 Å². The predicted octanol–water partition coefficient (Wildman–Crippen LogP) is 3.53. The first-order valence-electron chi connectivity index (χ1n) is 11.4. The second-order valence-corrected chi connectivity index (χ2v) is 10.9. The summed E-state index contributed by atoms with van der Waals surface area (Å²) < 4.78 is 26.9. The van der Waals surface area contributed by atoms with Crippen LogP contribution in [0.25, 0.3) is 0 Å². The molecule has 2 amide bonds. The number of nitrogens with one attached hydrogen (secondary N) is 2. The molecule has 1 saturated heterocycles. The number of hydrogen-bond donors (Lipinski definition) is 2. The number of nitrogens with zero attached hydrogens (tertiary/aromatic N) is 1. The van der Waals surface area contributed by atoms with Crippen molar-refractivity contribution in [2.45, 2.75) is 45.4 Å². The Hall–Kier alpha value is -2.71. The second-order valence-electron chi connectivity index (χ2n) is 8.98. The zero-order valence-electron chi connectivity index (χ0n) is 19.3. The number of sulfonamides is 1. The fraction of sp³-hybridized carbons (Fsp3) is 0.440. The maximum Gasteiger partial charge on any atom is 0.224 e. The van der Waals surface area contributed by atoms with Crippen molar-refractivity contribution in [3.8, 4) is 0 Å². The zero-order valence-corrected chi connectivity index (χ0v) is 20.1. The van der Waals surface area contributed by atoms with Gasteiger partial charge in [-0.05, 0) is 42.0 Å². The fourth-order valence-corrected chi connectivity index (χ4v) is 5.51. The molecule has 0 atom stereocenters. The van der Waals surface area contributed by atoms with Gasteiger partial charge in [0.25, 0.3) is 0 Å². The summed E-state index contributed by atoms with van der Waals surface area (Å²) in [4.78, 5) is 24.6. The van der Waals surface area contributed by atoms with E-state index in [2.05, 4.69) is 10.6 Å². The van der Waals surface area contributed by atoms with Crippen LogP contribution in [0.3, 0.4) is 0 Å². The van der Waals surface area contributed by atoms with E-state index in [1.807, 2.05) is 68.4 Å². The molecule has 2 aromatic rings. The van der Waals surface area contributed by atoms with Gasteiger partial charge in [-0.2, -0.15) is 0 Å². The van der Waals surface area contributed by atoms with Crippen LogP contribution in [0.1, 0.15) is 44.2 Å². The SMILES string of the molecule is CC(C)CC(=O)Nc1cccc(CNC(=O)C2CCN(S(=O)(=O)Cc3ccccc3)CC2)c1. The van der Waals surface area contributed by atoms with Gasteiger partial charge in [-0.25, -0.2) is 12.7 Å². The number of amides is 2. The minimum Gasteiger partial charge on any atom is -0.352 e. The Kier molecular flexibility index (Phi) is 8.63. The minimum absolute atomic E-state index is 0.0191. The zero-order chi connectivity index (χ0) is 23.8. The van der Waals surface area contributed by atoms with Crippen molar-refractivity contribution in [1.82, 2.24) is 9.62 Å². The molecule has 0 bridgehead atoms. The molecule has 2 N–H and O–H groups in total. The van der Waals surface area contributed by atoms with Gasteiger partial charge in [-0.1, -0.05) is 56.3 Å². The Morgan fingerprint density at radius 2 is 1.67 bits per heavy atom. The van der Waals surface area contributed by atoms with Gasteiger partial charge in [0.05, 0.1) is 5.75 Å². The first-order valence-corrected chi connectivity index (χ1v) is 13.0. The van der Waals surface area contributed by atoms with E-state index in [0.29, 0.717) is 44.6 Å². The highest BCUT2D eigenvalue weighted by atomic mass is 32.2. The van der Waals surface area contributed by atoms with Crippen molar-refractivity contribution >= 4 is 27.5 Å². The van der Waals surface area contributed by atoms with Crippen LogP contribution < -0.4 is 10.6 Å². The third-order valence-corrected chi connectivity index (χ3v) is 7.53. The Bertz CT molecular complexity index is 1050. The van der Waals surface area contributed by atoms with Crippen molar-refractivity contribution in [2.75, 3.05) is 18.4 Å². The Labute approximate surface area is 196 Å². The number of carbonyl (C=O) groups is 2. The molecule has 7 nitrogen and oxygen atoms in total. The summed E-state index contributed by atoms with van der Waals surface area (Å²) in [6.45, 7) is 5.05. The molecule has 1 heterocycles. The van der Waals surface area contributed by atoms with Crippen LogP contribution in [-0.2, 0) is 31.9 Å². The van der Waals surface area contributed by atoms with Gasteiger partial charge >= 0.3 is 0 Å². The smallest absolute Gasteiger partial charge is 0.224 e. The van der Waals surface area contributed by atoms with Gasteiger partial charge in [0, 0.05) is 37.7 Å². The van der Waals surface area contributed by atoms with Crippen LogP contribution in [-0.4, -0.2) is 37.6 Å². The quantitative estimate of drug-likeness (QED) is 0.585. The summed E-state index contributed by atoms with van der Waals surface area (Å²) in [6.07, 6.45) is 1.47. The van der Waals surface area contributed by atoms with E-state index in [1.54, 1.807) is 0 Å². The maximum absolute atomic E-state index is 12.7. The molecule has 0 aliphatic carbocycles. The molecule has 1 aliphatic heterocycles. The number of hydrogen-bond acceptors (Lipinski definition) is 4. The highest BCUT2D eigenvalue weighted by molar-refractivity contribution is 7.88. The van der Waals surface area contributed by atoms with Gasteiger partial charge in [0.1, 0.15) is 0 Å². The van der Waals surface area contributed by atoms with Crippen molar-refractivity contribution in [3.63, 3.8) is 0 Å². The van der Waals surface area contributed by atoms with E-state index in [0.717, 1.165) is 11.1 Å². The average Bonchev–Trinajstić information content (AvgIpc) is 2.77. The molecule has 0 spiro atoms. The standard InChI is InChI=1S/C25H33N3O4S/c1-19(2)15-24(29)27-23-10-6-9-21(16-23)17-26-25(30)22-11-13-28(14-12-22)33(31,32)18-20-7-4-3-5-8-20/h3-10,16,19,22H,11-15,17-18H2,1-2H3,(H,26,30)(H,27,29). The fourth-order valence-electron chi connectivity index (χ4n) is 3.95. The molecule has 0 radical (unpaired) electrons. The molecule has 0 unspecified atom stereocenters. The molecule has 33 heavy (non-hydrogen) atoms. The molecule has 178 valence electrons. The molecule has 1 fully saturated rings. The number of rotatable bonds is 9. The second kappa shape index (κ2) is 11.4. The topological polar surface area (TPSA) is 95.6 Å². The first kappa shape index (κ1) is 24.9. The number of piperidine rings is 1. The van der Waals surface area contributed by atoms with Crippen molar-refractivity contribution in [1.29, 1.82) is 0 Å². The van der Waals surface area contributed by atoms with Crippen LogP contribution in [0, 0.1) is 11.8 Å². The highest BCUT2D eigenvalue weighted by Crippen LogP contribution is 2.22. The minimum atomic E-state index is -3.40. The molecule has 8 heteroatoms.